The number of piperazine rings is 1. The number of amides is 1. The van der Waals surface area contributed by atoms with E-state index < -0.39 is 0 Å². The summed E-state index contributed by atoms with van der Waals surface area (Å²) in [7, 11) is 0. The van der Waals surface area contributed by atoms with Gasteiger partial charge in [0.2, 0.25) is 5.91 Å². The lowest BCUT2D eigenvalue weighted by atomic mass is 10.1. The van der Waals surface area contributed by atoms with E-state index in [1.165, 1.54) is 16.9 Å². The van der Waals surface area contributed by atoms with E-state index in [1.807, 2.05) is 4.90 Å². The van der Waals surface area contributed by atoms with Crippen LogP contribution in [0.3, 0.4) is 0 Å². The highest BCUT2D eigenvalue weighted by Crippen LogP contribution is 2.25. The first-order valence-electron chi connectivity index (χ1n) is 8.36. The van der Waals surface area contributed by atoms with Gasteiger partial charge in [-0.05, 0) is 17.5 Å². The lowest BCUT2D eigenvalue weighted by Crippen LogP contribution is -2.47. The number of rotatable bonds is 4. The zero-order valence-corrected chi connectivity index (χ0v) is 15.0. The Labute approximate surface area is 145 Å². The number of benzene rings is 1. The highest BCUT2D eigenvalue weighted by atomic mass is 32.1. The van der Waals surface area contributed by atoms with Crippen LogP contribution in [-0.4, -0.2) is 46.9 Å². The van der Waals surface area contributed by atoms with Crippen LogP contribution in [0, 0.1) is 0 Å². The maximum absolute atomic E-state index is 11.9. The second-order valence-electron chi connectivity index (χ2n) is 6.15. The lowest BCUT2D eigenvalue weighted by molar-refractivity contribution is -0.130. The van der Waals surface area contributed by atoms with Gasteiger partial charge in [-0.2, -0.15) is 0 Å². The van der Waals surface area contributed by atoms with Crippen molar-refractivity contribution in [2.45, 2.75) is 26.8 Å². The summed E-state index contributed by atoms with van der Waals surface area (Å²) >= 11 is 1.29. The standard InChI is InChI=1S/C18H23N3O2S/c1-3-14-4-6-15(7-5-14)17-16(24-18(23)19-17)12-20-8-10-21(11-9-20)13(2)22/h4-7H,3,8-12H2,1-2H3,(H,19,23). The summed E-state index contributed by atoms with van der Waals surface area (Å²) in [4.78, 5) is 31.5. The number of hydrogen-bond acceptors (Lipinski definition) is 4. The van der Waals surface area contributed by atoms with Crippen LogP contribution in [0.25, 0.3) is 11.3 Å². The summed E-state index contributed by atoms with van der Waals surface area (Å²) in [5.41, 5.74) is 3.28. The first-order chi connectivity index (χ1) is 11.6. The molecular formula is C18H23N3O2S. The molecule has 1 aliphatic heterocycles. The Hall–Kier alpha value is -1.92. The average molecular weight is 345 g/mol. The van der Waals surface area contributed by atoms with Crippen LogP contribution in [0.1, 0.15) is 24.3 Å². The van der Waals surface area contributed by atoms with Gasteiger partial charge in [-0.1, -0.05) is 42.5 Å². The molecule has 1 aromatic carbocycles. The molecule has 0 unspecified atom stereocenters. The molecule has 24 heavy (non-hydrogen) atoms. The van der Waals surface area contributed by atoms with E-state index >= 15 is 0 Å². The van der Waals surface area contributed by atoms with Crippen molar-refractivity contribution in [1.29, 1.82) is 0 Å². The molecule has 128 valence electrons. The molecule has 0 spiro atoms. The van der Waals surface area contributed by atoms with Gasteiger partial charge in [0.1, 0.15) is 0 Å². The first-order valence-corrected chi connectivity index (χ1v) is 9.17. The summed E-state index contributed by atoms with van der Waals surface area (Å²) in [5.74, 6) is 0.137. The van der Waals surface area contributed by atoms with Gasteiger partial charge >= 0.3 is 4.87 Å². The van der Waals surface area contributed by atoms with Gasteiger partial charge < -0.3 is 9.88 Å². The average Bonchev–Trinajstić information content (AvgIpc) is 2.96. The van der Waals surface area contributed by atoms with E-state index in [0.717, 1.165) is 55.3 Å². The van der Waals surface area contributed by atoms with E-state index in [4.69, 9.17) is 0 Å². The third-order valence-corrected chi connectivity index (χ3v) is 5.42. The van der Waals surface area contributed by atoms with Crippen molar-refractivity contribution in [3.63, 3.8) is 0 Å². The number of aromatic amines is 1. The van der Waals surface area contributed by atoms with E-state index in [2.05, 4.69) is 41.1 Å². The van der Waals surface area contributed by atoms with E-state index in [1.54, 1.807) is 6.92 Å². The summed E-state index contributed by atoms with van der Waals surface area (Å²) in [6, 6.07) is 8.38. The molecule has 0 aliphatic carbocycles. The molecule has 0 saturated carbocycles. The lowest BCUT2D eigenvalue weighted by Gasteiger charge is -2.34. The van der Waals surface area contributed by atoms with Gasteiger partial charge in [-0.25, -0.2) is 0 Å². The minimum Gasteiger partial charge on any atom is -0.340 e. The number of nitrogens with zero attached hydrogens (tertiary/aromatic N) is 2. The molecule has 1 saturated heterocycles. The molecule has 1 fully saturated rings. The molecule has 3 rings (SSSR count). The Morgan fingerprint density at radius 1 is 1.17 bits per heavy atom. The number of thiazole rings is 1. The monoisotopic (exact) mass is 345 g/mol. The number of aryl methyl sites for hydroxylation is 1. The minimum atomic E-state index is -0.0121. The van der Waals surface area contributed by atoms with Crippen LogP contribution < -0.4 is 4.87 Å². The second-order valence-corrected chi connectivity index (χ2v) is 7.21. The number of carbonyl (C=O) groups is 1. The van der Waals surface area contributed by atoms with Gasteiger partial charge in [0.05, 0.1) is 5.69 Å². The number of carbonyl (C=O) groups excluding carboxylic acids is 1. The van der Waals surface area contributed by atoms with E-state index in [0.29, 0.717) is 0 Å². The third kappa shape index (κ3) is 3.76. The largest absolute Gasteiger partial charge is 0.340 e. The highest BCUT2D eigenvalue weighted by Gasteiger charge is 2.20. The van der Waals surface area contributed by atoms with Crippen LogP contribution >= 0.6 is 11.3 Å². The summed E-state index contributed by atoms with van der Waals surface area (Å²) in [6.07, 6.45) is 1.01. The number of hydrogen-bond donors (Lipinski definition) is 1. The molecule has 0 atom stereocenters. The second kappa shape index (κ2) is 7.32. The maximum atomic E-state index is 11.9. The number of nitrogens with one attached hydrogen (secondary N) is 1. The molecule has 0 radical (unpaired) electrons. The summed E-state index contributed by atoms with van der Waals surface area (Å²) in [6.45, 7) is 7.71. The van der Waals surface area contributed by atoms with Crippen LogP contribution in [0.2, 0.25) is 0 Å². The normalized spacial score (nSPS) is 15.7. The van der Waals surface area contributed by atoms with Crippen LogP contribution in [0.4, 0.5) is 0 Å². The Bertz CT molecular complexity index is 755. The van der Waals surface area contributed by atoms with Crippen molar-refractivity contribution in [2.75, 3.05) is 26.2 Å². The molecule has 1 amide bonds. The van der Waals surface area contributed by atoms with Gasteiger partial charge in [-0.3, -0.25) is 14.5 Å². The van der Waals surface area contributed by atoms with Crippen molar-refractivity contribution >= 4 is 17.2 Å². The van der Waals surface area contributed by atoms with Crippen molar-refractivity contribution in [3.05, 3.63) is 44.4 Å². The molecule has 0 bridgehead atoms. The van der Waals surface area contributed by atoms with Gasteiger partial charge in [-0.15, -0.1) is 0 Å². The number of aromatic nitrogens is 1. The zero-order chi connectivity index (χ0) is 17.1. The van der Waals surface area contributed by atoms with E-state index in [-0.39, 0.29) is 10.8 Å². The fraction of sp³-hybridized carbons (Fsp3) is 0.444. The predicted octanol–water partition coefficient (Wildman–Crippen LogP) is 2.33. The molecule has 1 aromatic heterocycles. The van der Waals surface area contributed by atoms with Crippen molar-refractivity contribution in [1.82, 2.24) is 14.8 Å². The molecule has 6 heteroatoms. The highest BCUT2D eigenvalue weighted by molar-refractivity contribution is 7.09. The molecule has 1 aliphatic rings. The fourth-order valence-corrected chi connectivity index (χ4v) is 3.93. The molecule has 5 nitrogen and oxygen atoms in total. The number of H-pyrrole nitrogens is 1. The zero-order valence-electron chi connectivity index (χ0n) is 14.2. The minimum absolute atomic E-state index is 0.0121. The van der Waals surface area contributed by atoms with Crippen LogP contribution in [0.5, 0.6) is 0 Å². The Morgan fingerprint density at radius 2 is 1.83 bits per heavy atom. The molecule has 1 N–H and O–H groups in total. The first kappa shape index (κ1) is 16.9. The maximum Gasteiger partial charge on any atom is 0.305 e. The smallest absolute Gasteiger partial charge is 0.305 e. The topological polar surface area (TPSA) is 56.4 Å². The third-order valence-electron chi connectivity index (χ3n) is 4.56. The van der Waals surface area contributed by atoms with Crippen LogP contribution in [-0.2, 0) is 17.8 Å². The summed E-state index contributed by atoms with van der Waals surface area (Å²) < 4.78 is 0. The Morgan fingerprint density at radius 3 is 2.42 bits per heavy atom. The Kier molecular flexibility index (Phi) is 5.16. The van der Waals surface area contributed by atoms with Gasteiger partial charge in [0.25, 0.3) is 0 Å². The quantitative estimate of drug-likeness (QED) is 0.925. The van der Waals surface area contributed by atoms with E-state index in [9.17, 15) is 9.59 Å². The van der Waals surface area contributed by atoms with Gasteiger partial charge in [0.15, 0.2) is 0 Å². The predicted molar refractivity (Wildman–Crippen MR) is 97.3 cm³/mol. The molecular weight excluding hydrogens is 322 g/mol. The summed E-state index contributed by atoms with van der Waals surface area (Å²) in [5, 5.41) is 0. The molecule has 2 heterocycles. The Balaban J connectivity index is 1.75. The SMILES string of the molecule is CCc1ccc(-c2[nH]c(=O)sc2CN2CCN(C(C)=O)CC2)cc1. The van der Waals surface area contributed by atoms with Crippen molar-refractivity contribution < 1.29 is 4.79 Å². The van der Waals surface area contributed by atoms with Crippen molar-refractivity contribution in [3.8, 4) is 11.3 Å². The van der Waals surface area contributed by atoms with Gasteiger partial charge in [0, 0.05) is 44.5 Å². The molecule has 2 aromatic rings. The fourth-order valence-electron chi connectivity index (χ4n) is 3.04. The van der Waals surface area contributed by atoms with Crippen molar-refractivity contribution in [2.24, 2.45) is 0 Å². The van der Waals surface area contributed by atoms with Crippen LogP contribution in [0.15, 0.2) is 29.1 Å².